The van der Waals surface area contributed by atoms with E-state index in [-0.39, 0.29) is 11.6 Å². The lowest BCUT2D eigenvalue weighted by molar-refractivity contribution is 0.0697. The largest absolute Gasteiger partial charge is 0.478 e. The van der Waals surface area contributed by atoms with Gasteiger partial charge in [0.2, 0.25) is 0 Å². The van der Waals surface area contributed by atoms with Crippen LogP contribution in [0.25, 0.3) is 0 Å². The molecule has 94 valence electrons. The molecule has 2 N–H and O–H groups in total. The monoisotopic (exact) mass is 245 g/mol. The molecular formula is C13H15N3O2. The second kappa shape index (κ2) is 4.91. The van der Waals surface area contributed by atoms with Crippen LogP contribution < -0.4 is 5.32 Å². The third-order valence-corrected chi connectivity index (χ3v) is 2.72. The van der Waals surface area contributed by atoms with Crippen LogP contribution in [-0.2, 0) is 7.05 Å². The van der Waals surface area contributed by atoms with Gasteiger partial charge in [0, 0.05) is 24.5 Å². The van der Waals surface area contributed by atoms with Crippen molar-refractivity contribution in [2.75, 3.05) is 5.32 Å². The van der Waals surface area contributed by atoms with E-state index >= 15 is 0 Å². The predicted molar refractivity (Wildman–Crippen MR) is 68.6 cm³/mol. The van der Waals surface area contributed by atoms with Gasteiger partial charge >= 0.3 is 5.97 Å². The highest BCUT2D eigenvalue weighted by Crippen LogP contribution is 2.19. The van der Waals surface area contributed by atoms with Gasteiger partial charge in [-0.05, 0) is 25.1 Å². The molecule has 0 aliphatic heterocycles. The Morgan fingerprint density at radius 1 is 1.50 bits per heavy atom. The van der Waals surface area contributed by atoms with Gasteiger partial charge in [0.1, 0.15) is 0 Å². The van der Waals surface area contributed by atoms with E-state index in [1.54, 1.807) is 29.1 Å². The number of benzene rings is 1. The van der Waals surface area contributed by atoms with Crippen LogP contribution in [-0.4, -0.2) is 20.9 Å². The summed E-state index contributed by atoms with van der Waals surface area (Å²) in [6.45, 7) is 2.00. The first-order valence-corrected chi connectivity index (χ1v) is 5.64. The summed E-state index contributed by atoms with van der Waals surface area (Å²) in [7, 11) is 1.86. The Morgan fingerprint density at radius 2 is 2.28 bits per heavy atom. The van der Waals surface area contributed by atoms with Crippen LogP contribution in [0.15, 0.2) is 36.7 Å². The van der Waals surface area contributed by atoms with Crippen molar-refractivity contribution >= 4 is 11.7 Å². The maximum absolute atomic E-state index is 10.9. The molecule has 1 heterocycles. The Bertz CT molecular complexity index is 563. The molecular weight excluding hydrogens is 230 g/mol. The maximum atomic E-state index is 10.9. The van der Waals surface area contributed by atoms with Crippen LogP contribution in [0.3, 0.4) is 0 Å². The average molecular weight is 245 g/mol. The van der Waals surface area contributed by atoms with Crippen molar-refractivity contribution in [3.8, 4) is 0 Å². The molecule has 2 rings (SSSR count). The highest BCUT2D eigenvalue weighted by Gasteiger charge is 2.08. The minimum absolute atomic E-state index is 0.0720. The molecule has 0 spiro atoms. The van der Waals surface area contributed by atoms with Gasteiger partial charge < -0.3 is 10.4 Å². The van der Waals surface area contributed by atoms with E-state index in [0.717, 1.165) is 11.3 Å². The number of carbonyl (C=O) groups is 1. The van der Waals surface area contributed by atoms with Crippen LogP contribution in [0.5, 0.6) is 0 Å². The third kappa shape index (κ3) is 2.68. The molecule has 1 atom stereocenters. The number of anilines is 1. The molecule has 1 unspecified atom stereocenters. The van der Waals surface area contributed by atoms with E-state index in [1.807, 2.05) is 26.2 Å². The highest BCUT2D eigenvalue weighted by atomic mass is 16.4. The number of carboxylic acids is 1. The van der Waals surface area contributed by atoms with Crippen molar-refractivity contribution in [1.29, 1.82) is 0 Å². The average Bonchev–Trinajstić information content (AvgIpc) is 2.76. The molecule has 0 radical (unpaired) electrons. The van der Waals surface area contributed by atoms with Gasteiger partial charge in [0.25, 0.3) is 0 Å². The van der Waals surface area contributed by atoms with Crippen molar-refractivity contribution in [2.24, 2.45) is 7.05 Å². The number of aromatic nitrogens is 2. The van der Waals surface area contributed by atoms with Crippen LogP contribution in [0, 0.1) is 0 Å². The van der Waals surface area contributed by atoms with Gasteiger partial charge in [-0.2, -0.15) is 5.10 Å². The standard InChI is InChI=1S/C13H15N3O2/c1-9(11-7-14-16(2)8-11)15-12-5-3-4-10(6-12)13(17)18/h3-9,15H,1-2H3,(H,17,18). The molecule has 0 saturated carbocycles. The Balaban J connectivity index is 2.14. The number of carboxylic acid groups (broad SMARTS) is 1. The Hall–Kier alpha value is -2.30. The van der Waals surface area contributed by atoms with Crippen LogP contribution in [0.4, 0.5) is 5.69 Å². The Morgan fingerprint density at radius 3 is 2.89 bits per heavy atom. The summed E-state index contributed by atoms with van der Waals surface area (Å²) in [6.07, 6.45) is 3.72. The Kier molecular flexibility index (Phi) is 3.32. The van der Waals surface area contributed by atoms with Crippen molar-refractivity contribution in [1.82, 2.24) is 9.78 Å². The molecule has 1 aromatic heterocycles. The van der Waals surface area contributed by atoms with Crippen molar-refractivity contribution in [2.45, 2.75) is 13.0 Å². The molecule has 0 amide bonds. The molecule has 0 fully saturated rings. The molecule has 1 aromatic carbocycles. The fourth-order valence-electron chi connectivity index (χ4n) is 1.74. The molecule has 0 saturated heterocycles. The Labute approximate surface area is 105 Å². The highest BCUT2D eigenvalue weighted by molar-refractivity contribution is 5.88. The zero-order valence-corrected chi connectivity index (χ0v) is 10.3. The maximum Gasteiger partial charge on any atom is 0.335 e. The van der Waals surface area contributed by atoms with E-state index in [1.165, 1.54) is 0 Å². The zero-order chi connectivity index (χ0) is 13.1. The number of nitrogens with zero attached hydrogens (tertiary/aromatic N) is 2. The van der Waals surface area contributed by atoms with Gasteiger partial charge in [-0.25, -0.2) is 4.79 Å². The van der Waals surface area contributed by atoms with Crippen LogP contribution in [0.1, 0.15) is 28.9 Å². The lowest BCUT2D eigenvalue weighted by atomic mass is 10.1. The SMILES string of the molecule is CC(Nc1cccc(C(=O)O)c1)c1cnn(C)c1. The quantitative estimate of drug-likeness (QED) is 0.867. The lowest BCUT2D eigenvalue weighted by Crippen LogP contribution is -2.06. The number of rotatable bonds is 4. The van der Waals surface area contributed by atoms with Crippen molar-refractivity contribution in [3.63, 3.8) is 0 Å². The summed E-state index contributed by atoms with van der Waals surface area (Å²) in [4.78, 5) is 10.9. The van der Waals surface area contributed by atoms with Crippen LogP contribution in [0.2, 0.25) is 0 Å². The third-order valence-electron chi connectivity index (χ3n) is 2.72. The minimum atomic E-state index is -0.923. The number of hydrogen-bond acceptors (Lipinski definition) is 3. The van der Waals surface area contributed by atoms with E-state index < -0.39 is 5.97 Å². The fourth-order valence-corrected chi connectivity index (χ4v) is 1.74. The summed E-state index contributed by atoms with van der Waals surface area (Å²) in [5.74, 6) is -0.923. The van der Waals surface area contributed by atoms with Crippen LogP contribution >= 0.6 is 0 Å². The van der Waals surface area contributed by atoms with Crippen molar-refractivity contribution in [3.05, 3.63) is 47.8 Å². The minimum Gasteiger partial charge on any atom is -0.478 e. The van der Waals surface area contributed by atoms with Gasteiger partial charge in [0.05, 0.1) is 17.8 Å². The molecule has 5 heteroatoms. The van der Waals surface area contributed by atoms with E-state index in [0.29, 0.717) is 0 Å². The number of aromatic carboxylic acids is 1. The topological polar surface area (TPSA) is 67.2 Å². The first-order valence-electron chi connectivity index (χ1n) is 5.64. The molecule has 18 heavy (non-hydrogen) atoms. The van der Waals surface area contributed by atoms with E-state index in [2.05, 4.69) is 10.4 Å². The number of nitrogens with one attached hydrogen (secondary N) is 1. The molecule has 2 aromatic rings. The molecule has 0 aliphatic carbocycles. The van der Waals surface area contributed by atoms with Crippen molar-refractivity contribution < 1.29 is 9.90 Å². The van der Waals surface area contributed by atoms with E-state index in [4.69, 9.17) is 5.11 Å². The first kappa shape index (κ1) is 12.2. The summed E-state index contributed by atoms with van der Waals surface area (Å²) in [5, 5.41) is 16.3. The molecule has 0 aliphatic rings. The normalized spacial score (nSPS) is 12.1. The van der Waals surface area contributed by atoms with E-state index in [9.17, 15) is 4.79 Å². The summed E-state index contributed by atoms with van der Waals surface area (Å²) < 4.78 is 1.74. The predicted octanol–water partition coefficient (Wildman–Crippen LogP) is 2.29. The zero-order valence-electron chi connectivity index (χ0n) is 10.3. The summed E-state index contributed by atoms with van der Waals surface area (Å²) >= 11 is 0. The van der Waals surface area contributed by atoms with Gasteiger partial charge in [-0.15, -0.1) is 0 Å². The van der Waals surface area contributed by atoms with Gasteiger partial charge in [0.15, 0.2) is 0 Å². The number of aryl methyl sites for hydroxylation is 1. The first-order chi connectivity index (χ1) is 8.56. The molecule has 0 bridgehead atoms. The lowest BCUT2D eigenvalue weighted by Gasteiger charge is -2.13. The fraction of sp³-hybridized carbons (Fsp3) is 0.231. The summed E-state index contributed by atoms with van der Waals surface area (Å²) in [6, 6.07) is 6.83. The number of hydrogen-bond donors (Lipinski definition) is 2. The second-order valence-electron chi connectivity index (χ2n) is 4.20. The van der Waals surface area contributed by atoms with Gasteiger partial charge in [-0.1, -0.05) is 6.07 Å². The molecule has 5 nitrogen and oxygen atoms in total. The summed E-state index contributed by atoms with van der Waals surface area (Å²) in [5.41, 5.74) is 2.11. The van der Waals surface area contributed by atoms with Gasteiger partial charge in [-0.3, -0.25) is 4.68 Å². The smallest absolute Gasteiger partial charge is 0.335 e. The second-order valence-corrected chi connectivity index (χ2v) is 4.20.